The van der Waals surface area contributed by atoms with Gasteiger partial charge in [0.1, 0.15) is 0 Å². The number of nitrogens with one attached hydrogen (secondary N) is 1. The van der Waals surface area contributed by atoms with Crippen LogP contribution in [0.4, 0.5) is 5.69 Å². The molecule has 20 heavy (non-hydrogen) atoms. The molecule has 1 aromatic carbocycles. The fourth-order valence-electron chi connectivity index (χ4n) is 3.62. The van der Waals surface area contributed by atoms with Crippen LogP contribution in [0, 0.1) is 23.0 Å². The first-order valence-corrected chi connectivity index (χ1v) is 7.34. The number of hydrogen-bond donors (Lipinski definition) is 1. The third-order valence-electron chi connectivity index (χ3n) is 4.78. The second-order valence-corrected chi connectivity index (χ2v) is 5.92. The van der Waals surface area contributed by atoms with Gasteiger partial charge < -0.3 is 5.32 Å². The Bertz CT molecular complexity index is 518. The second kappa shape index (κ2) is 5.50. The number of hydrogen-bond acceptors (Lipinski definition) is 4. The molecule has 2 aliphatic heterocycles. The van der Waals surface area contributed by atoms with Crippen LogP contribution in [0.15, 0.2) is 18.2 Å². The Kier molecular flexibility index (Phi) is 3.72. The van der Waals surface area contributed by atoms with Gasteiger partial charge in [0.25, 0.3) is 5.69 Å². The Balaban J connectivity index is 1.80. The van der Waals surface area contributed by atoms with Gasteiger partial charge in [0.15, 0.2) is 0 Å². The van der Waals surface area contributed by atoms with Gasteiger partial charge >= 0.3 is 0 Å². The summed E-state index contributed by atoms with van der Waals surface area (Å²) >= 11 is 0. The van der Waals surface area contributed by atoms with Crippen molar-refractivity contribution in [3.8, 4) is 0 Å². The molecule has 108 valence electrons. The van der Waals surface area contributed by atoms with Crippen molar-refractivity contribution in [2.75, 3.05) is 19.6 Å². The number of piperidine rings is 1. The fraction of sp³-hybridized carbons (Fsp3) is 0.600. The zero-order valence-corrected chi connectivity index (χ0v) is 11.8. The highest BCUT2D eigenvalue weighted by atomic mass is 16.6. The van der Waals surface area contributed by atoms with Crippen LogP contribution in [-0.4, -0.2) is 35.5 Å². The lowest BCUT2D eigenvalue weighted by Gasteiger charge is -2.37. The predicted molar refractivity (Wildman–Crippen MR) is 77.6 cm³/mol. The number of likely N-dealkylation sites (tertiary alicyclic amines) is 1. The van der Waals surface area contributed by atoms with Crippen molar-refractivity contribution >= 4 is 5.69 Å². The summed E-state index contributed by atoms with van der Waals surface area (Å²) in [7, 11) is 0. The molecule has 0 spiro atoms. The lowest BCUT2D eigenvalue weighted by Crippen LogP contribution is -2.44. The van der Waals surface area contributed by atoms with Crippen molar-refractivity contribution in [2.45, 2.75) is 32.4 Å². The molecule has 1 N–H and O–H groups in total. The molecule has 2 aliphatic rings. The lowest BCUT2D eigenvalue weighted by atomic mass is 9.91. The monoisotopic (exact) mass is 275 g/mol. The Morgan fingerprint density at radius 1 is 1.45 bits per heavy atom. The van der Waals surface area contributed by atoms with Crippen LogP contribution in [0.5, 0.6) is 0 Å². The summed E-state index contributed by atoms with van der Waals surface area (Å²) in [4.78, 5) is 13.2. The molecule has 5 nitrogen and oxygen atoms in total. The molecule has 2 saturated heterocycles. The zero-order chi connectivity index (χ0) is 14.1. The molecule has 2 unspecified atom stereocenters. The first-order chi connectivity index (χ1) is 9.66. The minimum Gasteiger partial charge on any atom is -0.315 e. The number of benzene rings is 1. The van der Waals surface area contributed by atoms with Crippen molar-refractivity contribution < 1.29 is 4.92 Å². The Morgan fingerprint density at radius 2 is 2.30 bits per heavy atom. The van der Waals surface area contributed by atoms with Gasteiger partial charge in [0.05, 0.1) is 4.92 Å². The first-order valence-electron chi connectivity index (χ1n) is 7.34. The van der Waals surface area contributed by atoms with Crippen LogP contribution in [0.25, 0.3) is 0 Å². The average Bonchev–Trinajstić information content (AvgIpc) is 2.90. The molecular weight excluding hydrogens is 254 g/mol. The number of nitrogens with zero attached hydrogens (tertiary/aromatic N) is 2. The molecule has 0 aromatic heterocycles. The van der Waals surface area contributed by atoms with Crippen LogP contribution >= 0.6 is 0 Å². The minimum absolute atomic E-state index is 0.237. The molecule has 0 aliphatic carbocycles. The molecule has 0 amide bonds. The molecule has 0 radical (unpaired) electrons. The maximum absolute atomic E-state index is 11.0. The minimum atomic E-state index is -0.283. The van der Waals surface area contributed by atoms with Crippen molar-refractivity contribution in [3.63, 3.8) is 0 Å². The number of nitro groups is 1. The summed E-state index contributed by atoms with van der Waals surface area (Å²) in [5, 5.41) is 14.5. The summed E-state index contributed by atoms with van der Waals surface area (Å²) in [6.45, 7) is 5.97. The normalized spacial score (nSPS) is 26.4. The van der Waals surface area contributed by atoms with Gasteiger partial charge in [-0.2, -0.15) is 0 Å². The van der Waals surface area contributed by atoms with E-state index in [0.717, 1.165) is 43.2 Å². The highest BCUT2D eigenvalue weighted by Crippen LogP contribution is 2.29. The van der Waals surface area contributed by atoms with E-state index in [9.17, 15) is 10.1 Å². The third kappa shape index (κ3) is 2.43. The number of nitro benzene ring substituents is 1. The summed E-state index contributed by atoms with van der Waals surface area (Å²) in [5.74, 6) is 0.753. The van der Waals surface area contributed by atoms with E-state index in [0.29, 0.717) is 6.04 Å². The van der Waals surface area contributed by atoms with Gasteiger partial charge in [-0.15, -0.1) is 0 Å². The smallest absolute Gasteiger partial charge is 0.272 e. The number of fused-ring (bicyclic) bond motifs is 1. The van der Waals surface area contributed by atoms with E-state index in [1.54, 1.807) is 12.1 Å². The Hall–Kier alpha value is -1.46. The van der Waals surface area contributed by atoms with E-state index < -0.39 is 0 Å². The molecule has 2 fully saturated rings. The summed E-state index contributed by atoms with van der Waals surface area (Å²) in [5.41, 5.74) is 2.14. The average molecular weight is 275 g/mol. The van der Waals surface area contributed by atoms with Gasteiger partial charge in [-0.3, -0.25) is 15.0 Å². The summed E-state index contributed by atoms with van der Waals surface area (Å²) in [6.07, 6.45) is 2.54. The summed E-state index contributed by atoms with van der Waals surface area (Å²) < 4.78 is 0. The van der Waals surface area contributed by atoms with E-state index in [1.165, 1.54) is 12.8 Å². The largest absolute Gasteiger partial charge is 0.315 e. The van der Waals surface area contributed by atoms with Crippen LogP contribution in [0.3, 0.4) is 0 Å². The van der Waals surface area contributed by atoms with E-state index >= 15 is 0 Å². The molecule has 0 saturated carbocycles. The summed E-state index contributed by atoms with van der Waals surface area (Å²) in [6, 6.07) is 6.01. The van der Waals surface area contributed by atoms with Gasteiger partial charge in [0.2, 0.25) is 0 Å². The molecule has 2 atom stereocenters. The third-order valence-corrected chi connectivity index (χ3v) is 4.78. The highest BCUT2D eigenvalue weighted by molar-refractivity contribution is 5.44. The van der Waals surface area contributed by atoms with Crippen molar-refractivity contribution in [2.24, 2.45) is 5.92 Å². The number of rotatable bonds is 3. The maximum Gasteiger partial charge on any atom is 0.272 e. The van der Waals surface area contributed by atoms with Gasteiger partial charge in [-0.25, -0.2) is 0 Å². The van der Waals surface area contributed by atoms with Crippen molar-refractivity contribution in [1.82, 2.24) is 10.2 Å². The van der Waals surface area contributed by atoms with E-state index in [2.05, 4.69) is 10.2 Å². The SMILES string of the molecule is Cc1c(CN2CCCC3CNCC32)cccc1[N+](=O)[O-]. The van der Waals surface area contributed by atoms with Crippen LogP contribution in [-0.2, 0) is 6.54 Å². The van der Waals surface area contributed by atoms with Crippen molar-refractivity contribution in [1.29, 1.82) is 0 Å². The predicted octanol–water partition coefficient (Wildman–Crippen LogP) is 2.09. The Morgan fingerprint density at radius 3 is 3.10 bits per heavy atom. The van der Waals surface area contributed by atoms with Gasteiger partial charge in [-0.1, -0.05) is 12.1 Å². The quantitative estimate of drug-likeness (QED) is 0.678. The highest BCUT2D eigenvalue weighted by Gasteiger charge is 2.35. The van der Waals surface area contributed by atoms with Crippen LogP contribution in [0.2, 0.25) is 0 Å². The fourth-order valence-corrected chi connectivity index (χ4v) is 3.62. The first kappa shape index (κ1) is 13.5. The van der Waals surface area contributed by atoms with Crippen LogP contribution < -0.4 is 5.32 Å². The molecule has 5 heteroatoms. The van der Waals surface area contributed by atoms with Gasteiger partial charge in [0, 0.05) is 30.8 Å². The standard InChI is InChI=1S/C15H21N3O2/c1-11-13(4-2-6-14(11)18(19)20)10-17-7-3-5-12-8-16-9-15(12)17/h2,4,6,12,15-16H,3,5,7-10H2,1H3. The van der Waals surface area contributed by atoms with E-state index in [1.807, 2.05) is 13.0 Å². The molecule has 1 aromatic rings. The lowest BCUT2D eigenvalue weighted by molar-refractivity contribution is -0.385. The maximum atomic E-state index is 11.0. The van der Waals surface area contributed by atoms with Gasteiger partial charge in [-0.05, 0) is 44.3 Å². The Labute approximate surface area is 119 Å². The van der Waals surface area contributed by atoms with E-state index in [-0.39, 0.29) is 10.6 Å². The van der Waals surface area contributed by atoms with Crippen LogP contribution in [0.1, 0.15) is 24.0 Å². The topological polar surface area (TPSA) is 58.4 Å². The van der Waals surface area contributed by atoms with Crippen molar-refractivity contribution in [3.05, 3.63) is 39.4 Å². The second-order valence-electron chi connectivity index (χ2n) is 5.92. The molecule has 3 rings (SSSR count). The molecule has 0 bridgehead atoms. The zero-order valence-electron chi connectivity index (χ0n) is 11.8. The molecule has 2 heterocycles. The van der Waals surface area contributed by atoms with E-state index in [4.69, 9.17) is 0 Å². The molecular formula is C15H21N3O2.